The van der Waals surface area contributed by atoms with Crippen LogP contribution in [0.15, 0.2) is 48.7 Å². The second-order valence-electron chi connectivity index (χ2n) is 10.5. The Morgan fingerprint density at radius 1 is 0.925 bits per heavy atom. The van der Waals surface area contributed by atoms with Crippen LogP contribution in [0, 0.1) is 5.92 Å². The zero-order valence-electron chi connectivity index (χ0n) is 21.5. The topological polar surface area (TPSA) is 60.2 Å². The van der Waals surface area contributed by atoms with E-state index in [0.29, 0.717) is 13.0 Å². The van der Waals surface area contributed by atoms with E-state index in [0.717, 1.165) is 54.5 Å². The van der Waals surface area contributed by atoms with E-state index < -0.39 is 23.5 Å². The van der Waals surface area contributed by atoms with Crippen LogP contribution in [0.25, 0.3) is 10.9 Å². The third kappa shape index (κ3) is 6.68. The number of carbonyl (C=O) groups excluding carboxylic acids is 1. The van der Waals surface area contributed by atoms with Crippen LogP contribution in [0.1, 0.15) is 41.5 Å². The number of piperidine rings is 1. The fourth-order valence-electron chi connectivity index (χ4n) is 5.83. The summed E-state index contributed by atoms with van der Waals surface area (Å²) in [7, 11) is 0. The third-order valence-corrected chi connectivity index (χ3v) is 7.84. The van der Waals surface area contributed by atoms with E-state index in [2.05, 4.69) is 15.6 Å². The normalized spacial score (nSPS) is 20.6. The summed E-state index contributed by atoms with van der Waals surface area (Å²) >= 11 is 0. The summed E-state index contributed by atoms with van der Waals surface area (Å²) in [5, 5.41) is 7.35. The predicted molar refractivity (Wildman–Crippen MR) is 142 cm³/mol. The largest absolute Gasteiger partial charge is 0.416 e. The van der Waals surface area contributed by atoms with Crippen molar-refractivity contribution in [2.24, 2.45) is 5.92 Å². The average Bonchev–Trinajstić information content (AvgIpc) is 3.42. The first-order valence-corrected chi connectivity index (χ1v) is 13.1. The molecule has 2 aromatic carbocycles. The molecule has 40 heavy (non-hydrogen) atoms. The Hall–Kier alpha value is -2.92. The Bertz CT molecular complexity index is 1290. The van der Waals surface area contributed by atoms with Crippen LogP contribution in [-0.4, -0.2) is 47.6 Å². The lowest BCUT2D eigenvalue weighted by Crippen LogP contribution is -2.43. The van der Waals surface area contributed by atoms with Gasteiger partial charge in [0.2, 0.25) is 0 Å². The van der Waals surface area contributed by atoms with Gasteiger partial charge in [-0.05, 0) is 86.5 Å². The minimum Gasteiger partial charge on any atom is -0.361 e. The van der Waals surface area contributed by atoms with Gasteiger partial charge < -0.3 is 20.5 Å². The van der Waals surface area contributed by atoms with E-state index in [1.54, 1.807) is 4.90 Å². The predicted octanol–water partition coefficient (Wildman–Crippen LogP) is 6.56. The number of hydrogen-bond acceptors (Lipinski definition) is 2. The number of alkyl halides is 6. The molecule has 0 saturated carbocycles. The van der Waals surface area contributed by atoms with Gasteiger partial charge in [-0.3, -0.25) is 0 Å². The van der Waals surface area contributed by atoms with Crippen molar-refractivity contribution in [1.29, 1.82) is 0 Å². The van der Waals surface area contributed by atoms with E-state index in [9.17, 15) is 31.1 Å². The lowest BCUT2D eigenvalue weighted by molar-refractivity contribution is -0.143. The molecule has 3 heterocycles. The summed E-state index contributed by atoms with van der Waals surface area (Å²) in [6.45, 7) is 2.18. The zero-order valence-corrected chi connectivity index (χ0v) is 22.4. The number of aromatic amines is 1. The molecule has 0 aliphatic carbocycles. The van der Waals surface area contributed by atoms with Gasteiger partial charge in [0.25, 0.3) is 0 Å². The Labute approximate surface area is 234 Å². The van der Waals surface area contributed by atoms with E-state index in [1.165, 1.54) is 0 Å². The van der Waals surface area contributed by atoms with Crippen molar-refractivity contribution in [2.45, 2.75) is 56.5 Å². The highest BCUT2D eigenvalue weighted by Crippen LogP contribution is 2.37. The van der Waals surface area contributed by atoms with Crippen LogP contribution in [0.2, 0.25) is 0 Å². The van der Waals surface area contributed by atoms with Gasteiger partial charge in [0.15, 0.2) is 0 Å². The molecule has 5 nitrogen and oxygen atoms in total. The standard InChI is InChI=1S/C28H30F6N4O.ClH/c29-27(30,31)20-11-18(12-21(14-20)28(32,33)34)5-6-25-24(13-19-15-36-23-4-2-1-3-22(19)23)37-26(39)38(25)16-17-7-9-35-10-8-17;/h1-4,11-12,14-15,17,24-25,35-36H,5-10,13,16H2,(H,37,39);1H. The highest BCUT2D eigenvalue weighted by molar-refractivity contribution is 5.85. The first kappa shape index (κ1) is 30.0. The number of nitrogens with zero attached hydrogens (tertiary/aromatic N) is 1. The molecule has 2 amide bonds. The Kier molecular flexibility index (Phi) is 8.94. The van der Waals surface area contributed by atoms with Crippen molar-refractivity contribution in [3.63, 3.8) is 0 Å². The van der Waals surface area contributed by atoms with E-state index in [-0.39, 0.29) is 60.9 Å². The maximum absolute atomic E-state index is 13.4. The quantitative estimate of drug-likeness (QED) is 0.274. The summed E-state index contributed by atoms with van der Waals surface area (Å²) < 4.78 is 80.5. The summed E-state index contributed by atoms with van der Waals surface area (Å²) in [4.78, 5) is 18.1. The van der Waals surface area contributed by atoms with Crippen LogP contribution in [0.4, 0.5) is 31.1 Å². The first-order chi connectivity index (χ1) is 18.5. The molecule has 2 saturated heterocycles. The number of rotatable bonds is 7. The number of benzene rings is 2. The van der Waals surface area contributed by atoms with Gasteiger partial charge >= 0.3 is 18.4 Å². The maximum atomic E-state index is 13.4. The van der Waals surface area contributed by atoms with Gasteiger partial charge in [0, 0.05) is 23.6 Å². The molecule has 218 valence electrons. The van der Waals surface area contributed by atoms with E-state index in [1.807, 2.05) is 30.5 Å². The lowest BCUT2D eigenvalue weighted by atomic mass is 9.92. The minimum atomic E-state index is -4.90. The number of nitrogens with one attached hydrogen (secondary N) is 3. The van der Waals surface area contributed by atoms with Crippen molar-refractivity contribution >= 4 is 29.3 Å². The lowest BCUT2D eigenvalue weighted by Gasteiger charge is -2.32. The molecule has 3 N–H and O–H groups in total. The highest BCUT2D eigenvalue weighted by Gasteiger charge is 2.41. The average molecular weight is 589 g/mol. The number of urea groups is 1. The van der Waals surface area contributed by atoms with Crippen LogP contribution in [-0.2, 0) is 25.2 Å². The summed E-state index contributed by atoms with van der Waals surface area (Å²) in [6, 6.07) is 8.48. The van der Waals surface area contributed by atoms with E-state index in [4.69, 9.17) is 0 Å². The summed E-state index contributed by atoms with van der Waals surface area (Å²) in [5.74, 6) is 0.275. The molecule has 0 radical (unpaired) electrons. The summed E-state index contributed by atoms with van der Waals surface area (Å²) in [6.07, 6.45) is -5.45. The van der Waals surface area contributed by atoms with Crippen LogP contribution >= 0.6 is 12.4 Å². The second kappa shape index (κ2) is 11.9. The third-order valence-electron chi connectivity index (χ3n) is 7.84. The molecule has 1 aromatic heterocycles. The molecular formula is C28H31ClF6N4O. The van der Waals surface area contributed by atoms with Crippen molar-refractivity contribution in [3.8, 4) is 0 Å². The molecule has 2 aliphatic heterocycles. The monoisotopic (exact) mass is 588 g/mol. The van der Waals surface area contributed by atoms with Gasteiger partial charge in [-0.25, -0.2) is 4.79 Å². The Morgan fingerprint density at radius 2 is 1.57 bits per heavy atom. The van der Waals surface area contributed by atoms with Crippen LogP contribution in [0.5, 0.6) is 0 Å². The van der Waals surface area contributed by atoms with Crippen molar-refractivity contribution < 1.29 is 31.1 Å². The Morgan fingerprint density at radius 3 is 2.23 bits per heavy atom. The van der Waals surface area contributed by atoms with Gasteiger partial charge in [0.1, 0.15) is 0 Å². The van der Waals surface area contributed by atoms with Crippen LogP contribution < -0.4 is 10.6 Å². The van der Waals surface area contributed by atoms with Gasteiger partial charge in [-0.15, -0.1) is 12.4 Å². The number of fused-ring (bicyclic) bond motifs is 1. The van der Waals surface area contributed by atoms with Gasteiger partial charge in [-0.1, -0.05) is 18.2 Å². The molecule has 3 aromatic rings. The number of hydrogen-bond donors (Lipinski definition) is 3. The number of para-hydroxylation sites is 1. The second-order valence-corrected chi connectivity index (χ2v) is 10.5. The van der Waals surface area contributed by atoms with Crippen LogP contribution in [0.3, 0.4) is 0 Å². The fourth-order valence-corrected chi connectivity index (χ4v) is 5.83. The summed E-state index contributed by atoms with van der Waals surface area (Å²) in [5.41, 5.74) is -0.763. The van der Waals surface area contributed by atoms with Gasteiger partial charge in [-0.2, -0.15) is 26.3 Å². The highest BCUT2D eigenvalue weighted by atomic mass is 35.5. The molecule has 2 unspecified atom stereocenters. The van der Waals surface area contributed by atoms with Crippen molar-refractivity contribution in [3.05, 3.63) is 70.9 Å². The Balaban J connectivity index is 0.00000370. The number of halogens is 7. The fraction of sp³-hybridized carbons (Fsp3) is 0.464. The van der Waals surface area contributed by atoms with Crippen molar-refractivity contribution in [2.75, 3.05) is 19.6 Å². The van der Waals surface area contributed by atoms with Crippen molar-refractivity contribution in [1.82, 2.24) is 20.5 Å². The number of aromatic nitrogens is 1. The molecule has 12 heteroatoms. The van der Waals surface area contributed by atoms with Gasteiger partial charge in [0.05, 0.1) is 23.2 Å². The maximum Gasteiger partial charge on any atom is 0.416 e. The molecule has 5 rings (SSSR count). The van der Waals surface area contributed by atoms with E-state index >= 15 is 0 Å². The smallest absolute Gasteiger partial charge is 0.361 e. The number of carbonyl (C=O) groups is 1. The molecular weight excluding hydrogens is 558 g/mol. The number of amides is 2. The SMILES string of the molecule is Cl.O=C1NC(Cc2c[nH]c3ccccc23)C(CCc2cc(C(F)(F)F)cc(C(F)(F)F)c2)N1CC1CCNCC1. The molecule has 0 spiro atoms. The molecule has 0 bridgehead atoms. The zero-order chi connectivity index (χ0) is 27.8. The number of aryl methyl sites for hydroxylation is 1. The first-order valence-electron chi connectivity index (χ1n) is 13.1. The molecule has 2 atom stereocenters. The molecule has 2 fully saturated rings. The number of H-pyrrole nitrogens is 1. The minimum absolute atomic E-state index is 0. The molecule has 2 aliphatic rings.